The minimum absolute atomic E-state index is 0.593. The Morgan fingerprint density at radius 3 is 2.40 bits per heavy atom. The summed E-state index contributed by atoms with van der Waals surface area (Å²) < 4.78 is 0. The predicted octanol–water partition coefficient (Wildman–Crippen LogP) is 2.25. The summed E-state index contributed by atoms with van der Waals surface area (Å²) in [6.07, 6.45) is 1.19. The molecule has 0 aromatic rings. The van der Waals surface area contributed by atoms with E-state index >= 15 is 0 Å². The second kappa shape index (κ2) is 5.99. The number of alkyl halides is 1. The Bertz CT molecular complexity index is 65.7. The van der Waals surface area contributed by atoms with Crippen molar-refractivity contribution in [3.8, 4) is 0 Å². The van der Waals surface area contributed by atoms with Crippen LogP contribution in [0.25, 0.3) is 0 Å². The van der Waals surface area contributed by atoms with Crippen molar-refractivity contribution in [3.63, 3.8) is 0 Å². The molecule has 0 radical (unpaired) electrons. The molecule has 0 amide bonds. The van der Waals surface area contributed by atoms with Crippen molar-refractivity contribution in [2.45, 2.75) is 33.2 Å². The monoisotopic (exact) mass is 163 g/mol. The molecule has 0 heterocycles. The second-order valence-electron chi connectivity index (χ2n) is 2.98. The van der Waals surface area contributed by atoms with Gasteiger partial charge in [0.15, 0.2) is 0 Å². The van der Waals surface area contributed by atoms with E-state index < -0.39 is 0 Å². The van der Waals surface area contributed by atoms with Crippen molar-refractivity contribution in [1.82, 2.24) is 5.32 Å². The van der Waals surface area contributed by atoms with Gasteiger partial charge in [0.05, 0.1) is 0 Å². The number of hydrogen-bond acceptors (Lipinski definition) is 1. The van der Waals surface area contributed by atoms with Crippen LogP contribution in [0.5, 0.6) is 0 Å². The molecule has 0 spiro atoms. The molecule has 2 unspecified atom stereocenters. The van der Waals surface area contributed by atoms with Crippen LogP contribution in [0.1, 0.15) is 27.2 Å². The first kappa shape index (κ1) is 10.2. The summed E-state index contributed by atoms with van der Waals surface area (Å²) in [6.45, 7) is 7.57. The van der Waals surface area contributed by atoms with E-state index in [1.54, 1.807) is 0 Å². The molecular formula is C8H18ClN. The number of nitrogens with one attached hydrogen (secondary N) is 1. The molecule has 62 valence electrons. The van der Waals surface area contributed by atoms with Crippen LogP contribution in [-0.4, -0.2) is 18.5 Å². The lowest BCUT2D eigenvalue weighted by Gasteiger charge is -2.13. The fraction of sp³-hybridized carbons (Fsp3) is 1.00. The van der Waals surface area contributed by atoms with Crippen LogP contribution in [0.4, 0.5) is 0 Å². The molecule has 0 rings (SSSR count). The van der Waals surface area contributed by atoms with Crippen molar-refractivity contribution in [2.75, 3.05) is 12.4 Å². The molecular weight excluding hydrogens is 146 g/mol. The van der Waals surface area contributed by atoms with Gasteiger partial charge >= 0.3 is 0 Å². The van der Waals surface area contributed by atoms with Gasteiger partial charge in [-0.15, -0.1) is 11.6 Å². The number of hydrogen-bond donors (Lipinski definition) is 1. The highest BCUT2D eigenvalue weighted by Gasteiger charge is 2.01. The summed E-state index contributed by atoms with van der Waals surface area (Å²) in [4.78, 5) is 0. The molecule has 2 heteroatoms. The summed E-state index contributed by atoms with van der Waals surface area (Å²) in [5, 5.41) is 3.40. The predicted molar refractivity (Wildman–Crippen MR) is 47.6 cm³/mol. The highest BCUT2D eigenvalue weighted by Crippen LogP contribution is 1.96. The Balaban J connectivity index is 3.17. The van der Waals surface area contributed by atoms with Crippen LogP contribution < -0.4 is 5.32 Å². The third-order valence-corrected chi connectivity index (χ3v) is 2.22. The van der Waals surface area contributed by atoms with Gasteiger partial charge in [-0.1, -0.05) is 13.8 Å². The molecule has 0 saturated heterocycles. The minimum Gasteiger partial charge on any atom is -0.314 e. The van der Waals surface area contributed by atoms with Gasteiger partial charge < -0.3 is 5.32 Å². The fourth-order valence-corrected chi connectivity index (χ4v) is 0.710. The average molecular weight is 164 g/mol. The van der Waals surface area contributed by atoms with E-state index in [9.17, 15) is 0 Å². The first-order chi connectivity index (χ1) is 4.70. The van der Waals surface area contributed by atoms with Crippen LogP contribution in [0.2, 0.25) is 0 Å². The van der Waals surface area contributed by atoms with Crippen LogP contribution in [-0.2, 0) is 0 Å². The van der Waals surface area contributed by atoms with Crippen molar-refractivity contribution in [3.05, 3.63) is 0 Å². The SMILES string of the molecule is CCC(C)NCC(C)CCl. The summed E-state index contributed by atoms with van der Waals surface area (Å²) in [5.74, 6) is 1.35. The zero-order valence-corrected chi connectivity index (χ0v) is 7.91. The highest BCUT2D eigenvalue weighted by atomic mass is 35.5. The Labute approximate surface area is 69.1 Å². The van der Waals surface area contributed by atoms with E-state index in [1.165, 1.54) is 6.42 Å². The van der Waals surface area contributed by atoms with Gasteiger partial charge in [0.2, 0.25) is 0 Å². The lowest BCUT2D eigenvalue weighted by molar-refractivity contribution is 0.478. The van der Waals surface area contributed by atoms with Gasteiger partial charge in [-0.2, -0.15) is 0 Å². The lowest BCUT2D eigenvalue weighted by Crippen LogP contribution is -2.30. The van der Waals surface area contributed by atoms with Gasteiger partial charge in [0.1, 0.15) is 0 Å². The van der Waals surface area contributed by atoms with Crippen molar-refractivity contribution in [2.24, 2.45) is 5.92 Å². The smallest absolute Gasteiger partial charge is 0.0261 e. The molecule has 0 fully saturated rings. The van der Waals surface area contributed by atoms with Crippen LogP contribution in [0.15, 0.2) is 0 Å². The molecule has 0 aliphatic carbocycles. The maximum absolute atomic E-state index is 5.64. The maximum atomic E-state index is 5.64. The molecule has 0 aromatic heterocycles. The van der Waals surface area contributed by atoms with E-state index in [1.807, 2.05) is 0 Å². The third kappa shape index (κ3) is 5.07. The van der Waals surface area contributed by atoms with Gasteiger partial charge in [-0.05, 0) is 25.8 Å². The minimum atomic E-state index is 0.593. The average Bonchev–Trinajstić information content (AvgIpc) is 1.99. The van der Waals surface area contributed by atoms with E-state index in [0.29, 0.717) is 12.0 Å². The number of rotatable bonds is 5. The first-order valence-corrected chi connectivity index (χ1v) is 4.53. The Morgan fingerprint density at radius 2 is 2.00 bits per heavy atom. The lowest BCUT2D eigenvalue weighted by atomic mass is 10.2. The number of halogens is 1. The van der Waals surface area contributed by atoms with Crippen molar-refractivity contribution < 1.29 is 0 Å². The fourth-order valence-electron chi connectivity index (χ4n) is 0.601. The summed E-state index contributed by atoms with van der Waals surface area (Å²) in [5.41, 5.74) is 0. The van der Waals surface area contributed by atoms with Gasteiger partial charge in [-0.3, -0.25) is 0 Å². The van der Waals surface area contributed by atoms with Crippen LogP contribution in [0, 0.1) is 5.92 Å². The summed E-state index contributed by atoms with van der Waals surface area (Å²) in [6, 6.07) is 0.630. The third-order valence-electron chi connectivity index (χ3n) is 1.69. The van der Waals surface area contributed by atoms with Crippen molar-refractivity contribution >= 4 is 11.6 Å². The zero-order chi connectivity index (χ0) is 7.98. The normalized spacial score (nSPS) is 16.8. The maximum Gasteiger partial charge on any atom is 0.0261 e. The van der Waals surface area contributed by atoms with Crippen LogP contribution in [0.3, 0.4) is 0 Å². The molecule has 2 atom stereocenters. The molecule has 1 nitrogen and oxygen atoms in total. The Kier molecular flexibility index (Phi) is 6.14. The standard InChI is InChI=1S/C8H18ClN/c1-4-8(3)10-6-7(2)5-9/h7-8,10H,4-6H2,1-3H3. The van der Waals surface area contributed by atoms with Gasteiger partial charge in [-0.25, -0.2) is 0 Å². The largest absolute Gasteiger partial charge is 0.314 e. The van der Waals surface area contributed by atoms with Gasteiger partial charge in [0.25, 0.3) is 0 Å². The molecule has 0 aliphatic heterocycles. The Hall–Kier alpha value is 0.250. The van der Waals surface area contributed by atoms with E-state index in [4.69, 9.17) is 11.6 Å². The molecule has 10 heavy (non-hydrogen) atoms. The molecule has 0 saturated carbocycles. The first-order valence-electron chi connectivity index (χ1n) is 4.00. The summed E-state index contributed by atoms with van der Waals surface area (Å²) in [7, 11) is 0. The Morgan fingerprint density at radius 1 is 1.40 bits per heavy atom. The molecule has 0 aromatic carbocycles. The topological polar surface area (TPSA) is 12.0 Å². The quantitative estimate of drug-likeness (QED) is 0.614. The van der Waals surface area contributed by atoms with Crippen LogP contribution >= 0.6 is 11.6 Å². The summed E-state index contributed by atoms with van der Waals surface area (Å²) >= 11 is 5.64. The second-order valence-corrected chi connectivity index (χ2v) is 3.29. The highest BCUT2D eigenvalue weighted by molar-refractivity contribution is 6.18. The van der Waals surface area contributed by atoms with E-state index in [2.05, 4.69) is 26.1 Å². The molecule has 0 bridgehead atoms. The van der Waals surface area contributed by atoms with Gasteiger partial charge in [0, 0.05) is 11.9 Å². The molecule has 1 N–H and O–H groups in total. The van der Waals surface area contributed by atoms with E-state index in [0.717, 1.165) is 12.4 Å². The molecule has 0 aliphatic rings. The van der Waals surface area contributed by atoms with Crippen molar-refractivity contribution in [1.29, 1.82) is 0 Å². The zero-order valence-electron chi connectivity index (χ0n) is 7.15. The van der Waals surface area contributed by atoms with E-state index in [-0.39, 0.29) is 0 Å².